The Hall–Kier alpha value is -4.19. The Morgan fingerprint density at radius 1 is 1.07 bits per heavy atom. The predicted octanol–water partition coefficient (Wildman–Crippen LogP) is 5.27. The van der Waals surface area contributed by atoms with Gasteiger partial charge in [0, 0.05) is 40.8 Å². The minimum atomic E-state index is 0.886. The van der Waals surface area contributed by atoms with Crippen molar-refractivity contribution >= 4 is 16.5 Å². The molecule has 4 aromatic heterocycles. The van der Waals surface area contributed by atoms with Gasteiger partial charge < -0.3 is 4.98 Å². The van der Waals surface area contributed by atoms with E-state index >= 15 is 0 Å². The quantitative estimate of drug-likeness (QED) is 0.356. The highest BCUT2D eigenvalue weighted by Crippen LogP contribution is 2.34. The van der Waals surface area contributed by atoms with Gasteiger partial charge in [-0.15, -0.1) is 0 Å². The molecule has 3 N–H and O–H groups in total. The van der Waals surface area contributed by atoms with E-state index in [1.165, 1.54) is 0 Å². The maximum atomic E-state index is 4.59. The number of pyridine rings is 1. The number of H-pyrrole nitrogens is 3. The van der Waals surface area contributed by atoms with Crippen molar-refractivity contribution in [3.05, 3.63) is 96.7 Å². The summed E-state index contributed by atoms with van der Waals surface area (Å²) in [5.41, 5.74) is 9.32. The third-order valence-corrected chi connectivity index (χ3v) is 5.23. The monoisotopic (exact) mass is 392 g/mol. The molecule has 30 heavy (non-hydrogen) atoms. The molecule has 146 valence electrons. The summed E-state index contributed by atoms with van der Waals surface area (Å²) in [7, 11) is 0. The molecule has 0 radical (unpaired) electrons. The Balaban J connectivity index is 1.62. The lowest BCUT2D eigenvalue weighted by Crippen LogP contribution is -1.88. The van der Waals surface area contributed by atoms with Crippen LogP contribution in [0.3, 0.4) is 0 Å². The van der Waals surface area contributed by atoms with Crippen LogP contribution < -0.4 is 0 Å². The minimum Gasteiger partial charge on any atom is -0.357 e. The van der Waals surface area contributed by atoms with E-state index in [1.54, 1.807) is 12.4 Å². The van der Waals surface area contributed by atoms with Crippen molar-refractivity contribution in [3.63, 3.8) is 0 Å². The average molecular weight is 392 g/mol. The zero-order valence-corrected chi connectivity index (χ0v) is 16.5. The van der Waals surface area contributed by atoms with Crippen LogP contribution in [0.1, 0.15) is 16.8 Å². The molecule has 0 aliphatic heterocycles. The molecule has 0 spiro atoms. The van der Waals surface area contributed by atoms with E-state index < -0.39 is 0 Å². The van der Waals surface area contributed by atoms with Crippen LogP contribution in [0.15, 0.2) is 79.9 Å². The van der Waals surface area contributed by atoms with Gasteiger partial charge in [-0.25, -0.2) is 0 Å². The van der Waals surface area contributed by atoms with Gasteiger partial charge in [-0.3, -0.25) is 15.2 Å². The van der Waals surface area contributed by atoms with Gasteiger partial charge in [0.05, 0.1) is 17.4 Å². The first-order valence-corrected chi connectivity index (χ1v) is 9.65. The number of rotatable bonds is 5. The van der Waals surface area contributed by atoms with Gasteiger partial charge >= 0.3 is 0 Å². The van der Waals surface area contributed by atoms with Crippen molar-refractivity contribution in [2.75, 3.05) is 0 Å². The van der Waals surface area contributed by atoms with E-state index in [0.717, 1.165) is 55.8 Å². The molecule has 1 aromatic carbocycles. The number of aromatic nitrogens is 6. The predicted molar refractivity (Wildman–Crippen MR) is 120 cm³/mol. The first kappa shape index (κ1) is 17.9. The molecular weight excluding hydrogens is 372 g/mol. The SMILES string of the molecule is C=C/C=C(/c1ccncc1)c1cc(-c2n[nH]c3ccc(-c4cn[nH]c4)cc23)[nH]c1C. The molecule has 0 aliphatic rings. The van der Waals surface area contributed by atoms with Gasteiger partial charge in [0.15, 0.2) is 0 Å². The van der Waals surface area contributed by atoms with Crippen molar-refractivity contribution in [1.29, 1.82) is 0 Å². The zero-order valence-electron chi connectivity index (χ0n) is 16.5. The van der Waals surface area contributed by atoms with E-state index in [9.17, 15) is 0 Å². The number of hydrogen-bond donors (Lipinski definition) is 3. The Morgan fingerprint density at radius 2 is 1.93 bits per heavy atom. The molecular formula is C24H20N6. The third-order valence-electron chi connectivity index (χ3n) is 5.23. The third kappa shape index (κ3) is 3.04. The van der Waals surface area contributed by atoms with E-state index in [1.807, 2.05) is 42.7 Å². The molecule has 0 aliphatic carbocycles. The van der Waals surface area contributed by atoms with Gasteiger partial charge in [0.2, 0.25) is 0 Å². The highest BCUT2D eigenvalue weighted by atomic mass is 15.1. The Bertz CT molecular complexity index is 1350. The van der Waals surface area contributed by atoms with E-state index in [2.05, 4.69) is 62.1 Å². The Kier molecular flexibility index (Phi) is 4.37. The summed E-state index contributed by atoms with van der Waals surface area (Å²) in [6.45, 7) is 5.96. The van der Waals surface area contributed by atoms with E-state index in [-0.39, 0.29) is 0 Å². The maximum absolute atomic E-state index is 4.59. The molecule has 5 aromatic rings. The van der Waals surface area contributed by atoms with Crippen LogP contribution in [0.25, 0.3) is 39.0 Å². The van der Waals surface area contributed by atoms with Gasteiger partial charge in [-0.05, 0) is 54.0 Å². The molecule has 0 saturated heterocycles. The number of aryl methyl sites for hydroxylation is 1. The maximum Gasteiger partial charge on any atom is 0.116 e. The van der Waals surface area contributed by atoms with Crippen LogP contribution in [0.4, 0.5) is 0 Å². The minimum absolute atomic E-state index is 0.886. The normalized spacial score (nSPS) is 11.8. The Morgan fingerprint density at radius 3 is 2.70 bits per heavy atom. The number of aromatic amines is 3. The number of nitrogens with zero attached hydrogens (tertiary/aromatic N) is 3. The van der Waals surface area contributed by atoms with Gasteiger partial charge in [-0.1, -0.05) is 24.8 Å². The summed E-state index contributed by atoms with van der Waals surface area (Å²) in [6, 6.07) is 12.4. The van der Waals surface area contributed by atoms with Crippen LogP contribution in [0.2, 0.25) is 0 Å². The molecule has 0 unspecified atom stereocenters. The second kappa shape index (κ2) is 7.33. The van der Waals surface area contributed by atoms with Crippen LogP contribution in [-0.2, 0) is 0 Å². The highest BCUT2D eigenvalue weighted by Gasteiger charge is 2.16. The first-order chi connectivity index (χ1) is 14.7. The van der Waals surface area contributed by atoms with Gasteiger partial charge in [0.1, 0.15) is 5.69 Å². The molecule has 6 heteroatoms. The lowest BCUT2D eigenvalue weighted by molar-refractivity contribution is 1.09. The van der Waals surface area contributed by atoms with Crippen molar-refractivity contribution in [2.24, 2.45) is 0 Å². The summed E-state index contributed by atoms with van der Waals surface area (Å²) < 4.78 is 0. The molecule has 0 amide bonds. The molecule has 0 atom stereocenters. The highest BCUT2D eigenvalue weighted by molar-refractivity contribution is 5.96. The van der Waals surface area contributed by atoms with Crippen LogP contribution in [-0.4, -0.2) is 30.4 Å². The molecule has 0 bridgehead atoms. The standard InChI is InChI=1S/C24H20N6/c1-3-4-19(16-7-9-25-10-8-16)20-12-23(28-15(20)2)24-21-11-17(18-13-26-27-14-18)5-6-22(21)29-30-24/h3-14,28H,1H2,2H3,(H,26,27)(H,29,30)/b19-4-. The van der Waals surface area contributed by atoms with Gasteiger partial charge in [-0.2, -0.15) is 10.2 Å². The summed E-state index contributed by atoms with van der Waals surface area (Å²) in [4.78, 5) is 7.64. The fourth-order valence-electron chi connectivity index (χ4n) is 3.76. The Labute approximate surface area is 173 Å². The van der Waals surface area contributed by atoms with Gasteiger partial charge in [0.25, 0.3) is 0 Å². The molecule has 4 heterocycles. The van der Waals surface area contributed by atoms with Crippen LogP contribution >= 0.6 is 0 Å². The number of allylic oxidation sites excluding steroid dienone is 2. The van der Waals surface area contributed by atoms with Crippen LogP contribution in [0, 0.1) is 6.92 Å². The van der Waals surface area contributed by atoms with Crippen molar-refractivity contribution in [3.8, 4) is 22.5 Å². The second-order valence-electron chi connectivity index (χ2n) is 7.09. The summed E-state index contributed by atoms with van der Waals surface area (Å²) in [5.74, 6) is 0. The number of hydrogen-bond acceptors (Lipinski definition) is 3. The molecule has 0 saturated carbocycles. The van der Waals surface area contributed by atoms with Crippen molar-refractivity contribution in [2.45, 2.75) is 6.92 Å². The zero-order chi connectivity index (χ0) is 20.5. The van der Waals surface area contributed by atoms with E-state index in [4.69, 9.17) is 0 Å². The number of benzene rings is 1. The average Bonchev–Trinajstić information content (AvgIpc) is 3.52. The topological polar surface area (TPSA) is 86.0 Å². The van der Waals surface area contributed by atoms with E-state index in [0.29, 0.717) is 0 Å². The van der Waals surface area contributed by atoms with Crippen LogP contribution in [0.5, 0.6) is 0 Å². The number of fused-ring (bicyclic) bond motifs is 1. The molecule has 0 fully saturated rings. The lowest BCUT2D eigenvalue weighted by atomic mass is 9.98. The fraction of sp³-hybridized carbons (Fsp3) is 0.0417. The summed E-state index contributed by atoms with van der Waals surface area (Å²) in [6.07, 6.45) is 11.1. The summed E-state index contributed by atoms with van der Waals surface area (Å²) in [5, 5.41) is 15.7. The number of nitrogens with one attached hydrogen (secondary N) is 3. The second-order valence-corrected chi connectivity index (χ2v) is 7.09. The molecule has 6 nitrogen and oxygen atoms in total. The fourth-order valence-corrected chi connectivity index (χ4v) is 3.76. The van der Waals surface area contributed by atoms with Crippen molar-refractivity contribution in [1.82, 2.24) is 30.4 Å². The summed E-state index contributed by atoms with van der Waals surface area (Å²) >= 11 is 0. The molecule has 5 rings (SSSR count). The van der Waals surface area contributed by atoms with Crippen molar-refractivity contribution < 1.29 is 0 Å². The lowest BCUT2D eigenvalue weighted by Gasteiger charge is -2.06. The largest absolute Gasteiger partial charge is 0.357 e. The first-order valence-electron chi connectivity index (χ1n) is 9.65. The smallest absolute Gasteiger partial charge is 0.116 e.